The molecule has 1 aliphatic rings. The van der Waals surface area contributed by atoms with Gasteiger partial charge in [0.2, 0.25) is 12.7 Å². The third kappa shape index (κ3) is 3.45. The van der Waals surface area contributed by atoms with Crippen LogP contribution in [0.25, 0.3) is 0 Å². The Hall–Kier alpha value is -2.96. The molecule has 0 atom stereocenters. The average molecular weight is 344 g/mol. The number of aromatic nitrogens is 1. The SMILES string of the molecule is CCOC(=O)c1cc(C)n(CC(=O)Nc2ccc3c(c2)OCO3)c1C. The third-order valence-corrected chi connectivity index (χ3v) is 4.03. The van der Waals surface area contributed by atoms with Gasteiger partial charge < -0.3 is 24.1 Å². The molecule has 0 radical (unpaired) electrons. The highest BCUT2D eigenvalue weighted by Crippen LogP contribution is 2.34. The first-order chi connectivity index (χ1) is 12.0. The Morgan fingerprint density at radius 3 is 2.72 bits per heavy atom. The van der Waals surface area contributed by atoms with E-state index in [0.29, 0.717) is 35.1 Å². The zero-order valence-electron chi connectivity index (χ0n) is 14.4. The first-order valence-electron chi connectivity index (χ1n) is 8.03. The summed E-state index contributed by atoms with van der Waals surface area (Å²) in [5, 5.41) is 2.83. The highest BCUT2D eigenvalue weighted by Gasteiger charge is 2.19. The van der Waals surface area contributed by atoms with Gasteiger partial charge in [-0.2, -0.15) is 0 Å². The number of aryl methyl sites for hydroxylation is 1. The molecule has 0 aliphatic carbocycles. The highest BCUT2D eigenvalue weighted by molar-refractivity contribution is 5.93. The number of nitrogens with zero attached hydrogens (tertiary/aromatic N) is 1. The number of nitrogens with one attached hydrogen (secondary N) is 1. The van der Waals surface area contributed by atoms with Crippen molar-refractivity contribution in [1.82, 2.24) is 4.57 Å². The van der Waals surface area contributed by atoms with Crippen LogP contribution in [0.4, 0.5) is 5.69 Å². The minimum atomic E-state index is -0.377. The molecule has 132 valence electrons. The number of anilines is 1. The summed E-state index contributed by atoms with van der Waals surface area (Å²) in [4.78, 5) is 24.3. The molecule has 1 aliphatic heterocycles. The van der Waals surface area contributed by atoms with E-state index in [0.717, 1.165) is 5.69 Å². The zero-order chi connectivity index (χ0) is 18.0. The fraction of sp³-hybridized carbons (Fsp3) is 0.333. The number of rotatable bonds is 5. The molecule has 0 saturated heterocycles. The molecule has 7 nitrogen and oxygen atoms in total. The fourth-order valence-corrected chi connectivity index (χ4v) is 2.78. The number of amides is 1. The van der Waals surface area contributed by atoms with Crippen LogP contribution >= 0.6 is 0 Å². The molecule has 2 aromatic rings. The van der Waals surface area contributed by atoms with E-state index in [9.17, 15) is 9.59 Å². The van der Waals surface area contributed by atoms with Crippen LogP contribution in [0, 0.1) is 13.8 Å². The molecule has 25 heavy (non-hydrogen) atoms. The lowest BCUT2D eigenvalue weighted by atomic mass is 10.2. The van der Waals surface area contributed by atoms with Crippen molar-refractivity contribution in [2.45, 2.75) is 27.3 Å². The summed E-state index contributed by atoms with van der Waals surface area (Å²) in [6, 6.07) is 6.97. The zero-order valence-corrected chi connectivity index (χ0v) is 14.4. The Kier molecular flexibility index (Phi) is 4.65. The van der Waals surface area contributed by atoms with E-state index in [2.05, 4.69) is 5.32 Å². The summed E-state index contributed by atoms with van der Waals surface area (Å²) in [5.41, 5.74) is 2.63. The standard InChI is InChI=1S/C18H20N2O5/c1-4-23-18(22)14-7-11(2)20(12(14)3)9-17(21)19-13-5-6-15-16(8-13)25-10-24-15/h5-8H,4,9-10H2,1-3H3,(H,19,21). The van der Waals surface area contributed by atoms with Crippen molar-refractivity contribution in [3.05, 3.63) is 41.2 Å². The fourth-order valence-electron chi connectivity index (χ4n) is 2.78. The normalized spacial score (nSPS) is 12.1. The number of ether oxygens (including phenoxy) is 3. The molecule has 1 aromatic heterocycles. The van der Waals surface area contributed by atoms with E-state index < -0.39 is 0 Å². The van der Waals surface area contributed by atoms with Gasteiger partial charge in [-0.25, -0.2) is 4.79 Å². The topological polar surface area (TPSA) is 78.8 Å². The molecule has 1 N–H and O–H groups in total. The number of hydrogen-bond donors (Lipinski definition) is 1. The monoisotopic (exact) mass is 344 g/mol. The molecule has 3 rings (SSSR count). The summed E-state index contributed by atoms with van der Waals surface area (Å²) in [7, 11) is 0. The minimum absolute atomic E-state index is 0.103. The van der Waals surface area contributed by atoms with Crippen molar-refractivity contribution >= 4 is 17.6 Å². The van der Waals surface area contributed by atoms with E-state index in [1.807, 2.05) is 6.92 Å². The Balaban J connectivity index is 1.72. The van der Waals surface area contributed by atoms with Gasteiger partial charge in [0.25, 0.3) is 0 Å². The van der Waals surface area contributed by atoms with Gasteiger partial charge in [-0.1, -0.05) is 0 Å². The molecule has 2 heterocycles. The van der Waals surface area contributed by atoms with E-state index in [1.54, 1.807) is 42.7 Å². The van der Waals surface area contributed by atoms with Crippen LogP contribution in [-0.2, 0) is 16.1 Å². The molecule has 7 heteroatoms. The van der Waals surface area contributed by atoms with Crippen LogP contribution in [0.1, 0.15) is 28.7 Å². The molecule has 1 amide bonds. The predicted molar refractivity (Wildman–Crippen MR) is 91.1 cm³/mol. The minimum Gasteiger partial charge on any atom is -0.462 e. The lowest BCUT2D eigenvalue weighted by Gasteiger charge is -2.11. The smallest absolute Gasteiger partial charge is 0.339 e. The molecule has 0 unspecified atom stereocenters. The third-order valence-electron chi connectivity index (χ3n) is 4.03. The van der Waals surface area contributed by atoms with Crippen LogP contribution in [-0.4, -0.2) is 29.8 Å². The van der Waals surface area contributed by atoms with E-state index in [4.69, 9.17) is 14.2 Å². The van der Waals surface area contributed by atoms with Gasteiger partial charge >= 0.3 is 5.97 Å². The lowest BCUT2D eigenvalue weighted by Crippen LogP contribution is -2.20. The lowest BCUT2D eigenvalue weighted by molar-refractivity contribution is -0.116. The first kappa shape index (κ1) is 16.9. The van der Waals surface area contributed by atoms with Crippen molar-refractivity contribution in [3.8, 4) is 11.5 Å². The summed E-state index contributed by atoms with van der Waals surface area (Å²) in [6.07, 6.45) is 0. The molecule has 0 saturated carbocycles. The summed E-state index contributed by atoms with van der Waals surface area (Å²) in [6.45, 7) is 6.01. The highest BCUT2D eigenvalue weighted by atomic mass is 16.7. The largest absolute Gasteiger partial charge is 0.462 e. The van der Waals surface area contributed by atoms with Gasteiger partial charge in [0, 0.05) is 23.1 Å². The van der Waals surface area contributed by atoms with Gasteiger partial charge in [-0.3, -0.25) is 4.79 Å². The summed E-state index contributed by atoms with van der Waals surface area (Å²) < 4.78 is 17.4. The van der Waals surface area contributed by atoms with E-state index in [-0.39, 0.29) is 25.2 Å². The summed E-state index contributed by atoms with van der Waals surface area (Å²) in [5.74, 6) is 0.694. The van der Waals surface area contributed by atoms with Crippen molar-refractivity contribution < 1.29 is 23.8 Å². The van der Waals surface area contributed by atoms with Crippen LogP contribution in [0.3, 0.4) is 0 Å². The van der Waals surface area contributed by atoms with Crippen molar-refractivity contribution in [1.29, 1.82) is 0 Å². The van der Waals surface area contributed by atoms with Crippen LogP contribution in [0.5, 0.6) is 11.5 Å². The number of fused-ring (bicyclic) bond motifs is 1. The molecule has 0 bridgehead atoms. The maximum atomic E-state index is 12.4. The maximum absolute atomic E-state index is 12.4. The Labute approximate surface area is 145 Å². The summed E-state index contributed by atoms with van der Waals surface area (Å²) >= 11 is 0. The average Bonchev–Trinajstić information content (AvgIpc) is 3.14. The second-order valence-electron chi connectivity index (χ2n) is 5.71. The van der Waals surface area contributed by atoms with Crippen molar-refractivity contribution in [2.24, 2.45) is 0 Å². The van der Waals surface area contributed by atoms with Crippen LogP contribution < -0.4 is 14.8 Å². The van der Waals surface area contributed by atoms with Gasteiger partial charge in [-0.15, -0.1) is 0 Å². The number of esters is 1. The molecule has 0 spiro atoms. The van der Waals surface area contributed by atoms with Crippen LogP contribution in [0.2, 0.25) is 0 Å². The molecular formula is C18H20N2O5. The van der Waals surface area contributed by atoms with Gasteiger partial charge in [0.15, 0.2) is 11.5 Å². The quantitative estimate of drug-likeness (QED) is 0.844. The van der Waals surface area contributed by atoms with Crippen LogP contribution in [0.15, 0.2) is 24.3 Å². The number of hydrogen-bond acceptors (Lipinski definition) is 5. The number of carbonyl (C=O) groups excluding carboxylic acids is 2. The predicted octanol–water partition coefficient (Wildman–Crippen LogP) is 2.65. The Morgan fingerprint density at radius 1 is 1.20 bits per heavy atom. The number of carbonyl (C=O) groups is 2. The Morgan fingerprint density at radius 2 is 1.96 bits per heavy atom. The van der Waals surface area contributed by atoms with E-state index >= 15 is 0 Å². The number of benzene rings is 1. The van der Waals surface area contributed by atoms with Gasteiger partial charge in [0.05, 0.1) is 12.2 Å². The maximum Gasteiger partial charge on any atom is 0.339 e. The van der Waals surface area contributed by atoms with Gasteiger partial charge in [0.1, 0.15) is 6.54 Å². The Bertz CT molecular complexity index is 825. The second-order valence-corrected chi connectivity index (χ2v) is 5.71. The van der Waals surface area contributed by atoms with Crippen molar-refractivity contribution in [2.75, 3.05) is 18.7 Å². The molecule has 1 aromatic carbocycles. The molecular weight excluding hydrogens is 324 g/mol. The molecule has 0 fully saturated rings. The first-order valence-corrected chi connectivity index (χ1v) is 8.03. The van der Waals surface area contributed by atoms with Crippen molar-refractivity contribution in [3.63, 3.8) is 0 Å². The van der Waals surface area contributed by atoms with Gasteiger partial charge in [-0.05, 0) is 39.0 Å². The second kappa shape index (κ2) is 6.88. The van der Waals surface area contributed by atoms with E-state index in [1.165, 1.54) is 0 Å².